The van der Waals surface area contributed by atoms with E-state index in [1.807, 2.05) is 31.2 Å². The van der Waals surface area contributed by atoms with Crippen LogP contribution in [0.1, 0.15) is 18.1 Å². The van der Waals surface area contributed by atoms with E-state index in [4.69, 9.17) is 0 Å². The van der Waals surface area contributed by atoms with Crippen molar-refractivity contribution in [3.8, 4) is 0 Å². The minimum Gasteiger partial charge on any atom is -0.267 e. The number of non-ortho nitro benzene ring substituents is 1. The standard InChI is InChI=1S/C18H15N3O3/c1-12-6-8-15(9-7-12)20-18(22)17(13(2)19-20)11-14-4-3-5-16(10-14)21(23)24/h3-11H,1-2H3/b17-11-. The van der Waals surface area contributed by atoms with Gasteiger partial charge in [0.15, 0.2) is 0 Å². The number of hydrogen-bond donors (Lipinski definition) is 0. The van der Waals surface area contributed by atoms with Gasteiger partial charge in [-0.15, -0.1) is 0 Å². The average molecular weight is 321 g/mol. The summed E-state index contributed by atoms with van der Waals surface area (Å²) in [5.41, 5.74) is 3.36. The Hall–Kier alpha value is -3.28. The molecule has 0 bridgehead atoms. The number of anilines is 1. The normalized spacial score (nSPS) is 15.8. The van der Waals surface area contributed by atoms with Gasteiger partial charge in [-0.05, 0) is 37.6 Å². The van der Waals surface area contributed by atoms with Crippen LogP contribution in [0.3, 0.4) is 0 Å². The second-order valence-corrected chi connectivity index (χ2v) is 5.55. The van der Waals surface area contributed by atoms with Gasteiger partial charge in [0.05, 0.1) is 21.9 Å². The summed E-state index contributed by atoms with van der Waals surface area (Å²) in [6.07, 6.45) is 1.63. The van der Waals surface area contributed by atoms with Gasteiger partial charge in [-0.25, -0.2) is 0 Å². The second kappa shape index (κ2) is 6.08. The second-order valence-electron chi connectivity index (χ2n) is 5.55. The monoisotopic (exact) mass is 321 g/mol. The third-order valence-electron chi connectivity index (χ3n) is 3.73. The fraction of sp³-hybridized carbons (Fsp3) is 0.111. The number of carbonyl (C=O) groups is 1. The topological polar surface area (TPSA) is 75.8 Å². The third kappa shape index (κ3) is 2.94. The molecule has 6 nitrogen and oxygen atoms in total. The van der Waals surface area contributed by atoms with Crippen molar-refractivity contribution in [3.05, 3.63) is 75.3 Å². The lowest BCUT2D eigenvalue weighted by atomic mass is 10.1. The highest BCUT2D eigenvalue weighted by molar-refractivity contribution is 6.32. The summed E-state index contributed by atoms with van der Waals surface area (Å²) in [4.78, 5) is 23.0. The third-order valence-corrected chi connectivity index (χ3v) is 3.73. The molecule has 0 radical (unpaired) electrons. The maximum Gasteiger partial charge on any atom is 0.280 e. The smallest absolute Gasteiger partial charge is 0.267 e. The molecular weight excluding hydrogens is 306 g/mol. The van der Waals surface area contributed by atoms with Crippen LogP contribution in [0.15, 0.2) is 59.2 Å². The molecule has 0 unspecified atom stereocenters. The molecule has 1 amide bonds. The zero-order valence-electron chi connectivity index (χ0n) is 13.3. The minimum absolute atomic E-state index is 0.0141. The van der Waals surface area contributed by atoms with Crippen LogP contribution in [0, 0.1) is 17.0 Å². The number of amides is 1. The molecule has 2 aromatic rings. The van der Waals surface area contributed by atoms with Crippen molar-refractivity contribution in [1.29, 1.82) is 0 Å². The largest absolute Gasteiger partial charge is 0.280 e. The number of hydrazone groups is 1. The number of benzene rings is 2. The lowest BCUT2D eigenvalue weighted by Crippen LogP contribution is -2.21. The zero-order chi connectivity index (χ0) is 17.3. The summed E-state index contributed by atoms with van der Waals surface area (Å²) in [6.45, 7) is 3.72. The number of aryl methyl sites for hydroxylation is 1. The van der Waals surface area contributed by atoms with E-state index in [0.717, 1.165) is 5.56 Å². The van der Waals surface area contributed by atoms with Crippen LogP contribution < -0.4 is 5.01 Å². The Balaban J connectivity index is 1.94. The predicted octanol–water partition coefficient (Wildman–Crippen LogP) is 3.71. The number of hydrogen-bond acceptors (Lipinski definition) is 4. The maximum atomic E-state index is 12.6. The van der Waals surface area contributed by atoms with Gasteiger partial charge in [-0.2, -0.15) is 10.1 Å². The highest BCUT2D eigenvalue weighted by Gasteiger charge is 2.28. The van der Waals surface area contributed by atoms with Gasteiger partial charge < -0.3 is 0 Å². The van der Waals surface area contributed by atoms with Crippen LogP contribution in [0.2, 0.25) is 0 Å². The predicted molar refractivity (Wildman–Crippen MR) is 92.8 cm³/mol. The first-order valence-corrected chi connectivity index (χ1v) is 7.38. The molecule has 3 rings (SSSR count). The van der Waals surface area contributed by atoms with E-state index < -0.39 is 4.92 Å². The molecule has 2 aromatic carbocycles. The molecule has 24 heavy (non-hydrogen) atoms. The Morgan fingerprint density at radius 2 is 1.83 bits per heavy atom. The van der Waals surface area contributed by atoms with Crippen LogP contribution in [0.4, 0.5) is 11.4 Å². The first-order chi connectivity index (χ1) is 11.5. The van der Waals surface area contributed by atoms with E-state index in [-0.39, 0.29) is 11.6 Å². The highest BCUT2D eigenvalue weighted by atomic mass is 16.6. The summed E-state index contributed by atoms with van der Waals surface area (Å²) in [5.74, 6) is -0.247. The molecular formula is C18H15N3O3. The Labute approximate surface area is 138 Å². The first kappa shape index (κ1) is 15.6. The van der Waals surface area contributed by atoms with Gasteiger partial charge in [0.1, 0.15) is 0 Å². The first-order valence-electron chi connectivity index (χ1n) is 7.38. The van der Waals surface area contributed by atoms with Crippen molar-refractivity contribution < 1.29 is 9.72 Å². The molecule has 0 aliphatic carbocycles. The summed E-state index contributed by atoms with van der Waals surface area (Å²) < 4.78 is 0. The van der Waals surface area contributed by atoms with Crippen LogP contribution in [-0.2, 0) is 4.79 Å². The molecule has 0 atom stereocenters. The molecule has 6 heteroatoms. The molecule has 0 N–H and O–H groups in total. The summed E-state index contributed by atoms with van der Waals surface area (Å²) in [7, 11) is 0. The van der Waals surface area contributed by atoms with E-state index in [2.05, 4.69) is 5.10 Å². The van der Waals surface area contributed by atoms with Gasteiger partial charge in [-0.1, -0.05) is 29.8 Å². The summed E-state index contributed by atoms with van der Waals surface area (Å²) >= 11 is 0. The molecule has 1 heterocycles. The Morgan fingerprint density at radius 1 is 1.12 bits per heavy atom. The van der Waals surface area contributed by atoms with Gasteiger partial charge in [-0.3, -0.25) is 14.9 Å². The molecule has 0 aromatic heterocycles. The lowest BCUT2D eigenvalue weighted by molar-refractivity contribution is -0.384. The van der Waals surface area contributed by atoms with Gasteiger partial charge in [0.25, 0.3) is 11.6 Å². The fourth-order valence-corrected chi connectivity index (χ4v) is 2.44. The van der Waals surface area contributed by atoms with Crippen molar-refractivity contribution >= 4 is 29.1 Å². The Morgan fingerprint density at radius 3 is 2.50 bits per heavy atom. The molecule has 0 spiro atoms. The van der Waals surface area contributed by atoms with Crippen LogP contribution in [0.25, 0.3) is 6.08 Å². The summed E-state index contributed by atoms with van der Waals surface area (Å²) in [6, 6.07) is 13.6. The number of nitrogens with zero attached hydrogens (tertiary/aromatic N) is 3. The van der Waals surface area contributed by atoms with Crippen molar-refractivity contribution in [1.82, 2.24) is 0 Å². The Kier molecular flexibility index (Phi) is 3.95. The van der Waals surface area contributed by atoms with E-state index in [0.29, 0.717) is 22.5 Å². The highest BCUT2D eigenvalue weighted by Crippen LogP contribution is 2.26. The van der Waals surface area contributed by atoms with Crippen molar-refractivity contribution in [2.45, 2.75) is 13.8 Å². The van der Waals surface area contributed by atoms with Crippen LogP contribution in [-0.4, -0.2) is 16.5 Å². The van der Waals surface area contributed by atoms with E-state index in [9.17, 15) is 14.9 Å². The van der Waals surface area contributed by atoms with Crippen molar-refractivity contribution in [2.75, 3.05) is 5.01 Å². The fourth-order valence-electron chi connectivity index (χ4n) is 2.44. The number of nitro benzene ring substituents is 1. The zero-order valence-corrected chi connectivity index (χ0v) is 13.3. The van der Waals surface area contributed by atoms with Crippen LogP contribution >= 0.6 is 0 Å². The minimum atomic E-state index is -0.460. The lowest BCUT2D eigenvalue weighted by Gasteiger charge is -2.11. The SMILES string of the molecule is CC1=NN(c2ccc(C)cc2)C(=O)/C1=C\c1cccc([N+](=O)[O-])c1. The van der Waals surface area contributed by atoms with Crippen LogP contribution in [0.5, 0.6) is 0 Å². The van der Waals surface area contributed by atoms with E-state index in [1.165, 1.54) is 17.1 Å². The van der Waals surface area contributed by atoms with Crippen molar-refractivity contribution in [3.63, 3.8) is 0 Å². The molecule has 1 aliphatic heterocycles. The van der Waals surface area contributed by atoms with Gasteiger partial charge in [0, 0.05) is 12.1 Å². The van der Waals surface area contributed by atoms with E-state index >= 15 is 0 Å². The molecule has 0 fully saturated rings. The molecule has 120 valence electrons. The molecule has 0 saturated heterocycles. The maximum absolute atomic E-state index is 12.6. The van der Waals surface area contributed by atoms with Crippen molar-refractivity contribution in [2.24, 2.45) is 5.10 Å². The summed E-state index contributed by atoms with van der Waals surface area (Å²) in [5, 5.41) is 16.5. The number of rotatable bonds is 3. The van der Waals surface area contributed by atoms with Gasteiger partial charge in [0.2, 0.25) is 0 Å². The average Bonchev–Trinajstić information content (AvgIpc) is 2.84. The quantitative estimate of drug-likeness (QED) is 0.491. The molecule has 1 aliphatic rings. The molecule has 0 saturated carbocycles. The van der Waals surface area contributed by atoms with E-state index in [1.54, 1.807) is 25.1 Å². The van der Waals surface area contributed by atoms with Gasteiger partial charge >= 0.3 is 0 Å². The number of carbonyl (C=O) groups excluding carboxylic acids is 1. The Bertz CT molecular complexity index is 883. The number of nitro groups is 1.